The highest BCUT2D eigenvalue weighted by Gasteiger charge is 2.68. The second-order valence-corrected chi connectivity index (χ2v) is 8.69. The molecule has 0 bridgehead atoms. The number of rotatable bonds is 4. The van der Waals surface area contributed by atoms with Gasteiger partial charge in [-0.3, -0.25) is 14.4 Å². The summed E-state index contributed by atoms with van der Waals surface area (Å²) in [6, 6.07) is 0. The Labute approximate surface area is 166 Å². The Balaban J connectivity index is 2.70. The van der Waals surface area contributed by atoms with Crippen molar-refractivity contribution in [3.8, 4) is 0 Å². The van der Waals surface area contributed by atoms with E-state index in [9.17, 15) is 19.5 Å². The smallest absolute Gasteiger partial charge is 0.303 e. The van der Waals surface area contributed by atoms with E-state index < -0.39 is 53.2 Å². The largest absolute Gasteiger partial charge is 0.462 e. The first-order valence-electron chi connectivity index (χ1n) is 9.73. The van der Waals surface area contributed by atoms with Crippen molar-refractivity contribution in [2.24, 2.45) is 17.3 Å². The van der Waals surface area contributed by atoms with Crippen LogP contribution in [0.5, 0.6) is 0 Å². The summed E-state index contributed by atoms with van der Waals surface area (Å²) in [4.78, 5) is 35.5. The van der Waals surface area contributed by atoms with Crippen molar-refractivity contribution in [1.82, 2.24) is 0 Å². The Bertz CT molecular complexity index is 682. The lowest BCUT2D eigenvalue weighted by Gasteiger charge is -2.45. The van der Waals surface area contributed by atoms with E-state index in [-0.39, 0.29) is 12.3 Å². The zero-order valence-electron chi connectivity index (χ0n) is 17.8. The number of aliphatic hydroxyl groups is 1. The maximum Gasteiger partial charge on any atom is 0.303 e. The van der Waals surface area contributed by atoms with Gasteiger partial charge in [0, 0.05) is 39.5 Å². The lowest BCUT2D eigenvalue weighted by molar-refractivity contribution is -0.183. The molecule has 0 amide bonds. The van der Waals surface area contributed by atoms with Gasteiger partial charge in [0.15, 0.2) is 0 Å². The molecular formula is C21H32O7. The van der Waals surface area contributed by atoms with Crippen molar-refractivity contribution in [3.05, 3.63) is 11.6 Å². The van der Waals surface area contributed by atoms with Crippen LogP contribution in [0.25, 0.3) is 0 Å². The molecule has 0 aromatic carbocycles. The highest BCUT2D eigenvalue weighted by Crippen LogP contribution is 2.59. The van der Waals surface area contributed by atoms with E-state index >= 15 is 0 Å². The van der Waals surface area contributed by atoms with Crippen LogP contribution in [0.15, 0.2) is 11.6 Å². The van der Waals surface area contributed by atoms with E-state index in [1.54, 1.807) is 0 Å². The predicted octanol–water partition coefficient (Wildman–Crippen LogP) is 2.54. The first-order chi connectivity index (χ1) is 12.8. The van der Waals surface area contributed by atoms with E-state index in [1.165, 1.54) is 20.8 Å². The van der Waals surface area contributed by atoms with Crippen LogP contribution < -0.4 is 0 Å². The number of fused-ring (bicyclic) bond motifs is 1. The molecule has 2 aliphatic rings. The molecule has 158 valence electrons. The molecule has 7 heteroatoms. The molecular weight excluding hydrogens is 364 g/mol. The van der Waals surface area contributed by atoms with Crippen LogP contribution in [0.4, 0.5) is 0 Å². The van der Waals surface area contributed by atoms with Crippen LogP contribution in [0.3, 0.4) is 0 Å². The fourth-order valence-corrected chi connectivity index (χ4v) is 5.03. The molecule has 0 aromatic rings. The summed E-state index contributed by atoms with van der Waals surface area (Å²) in [5, 5.41) is 11.7. The molecule has 2 aliphatic carbocycles. The van der Waals surface area contributed by atoms with Gasteiger partial charge in [0.25, 0.3) is 0 Å². The Morgan fingerprint density at radius 1 is 1.07 bits per heavy atom. The molecule has 0 radical (unpaired) electrons. The molecule has 2 rings (SSSR count). The van der Waals surface area contributed by atoms with Gasteiger partial charge in [0.1, 0.15) is 18.3 Å². The lowest BCUT2D eigenvalue weighted by atomic mass is 9.66. The standard InChI is InChI=1S/C21H32O7/c1-11(2)21(25)10-18(28-15(6)24)20(7)17(27-14(5)23)9-12(3)8-16(19(20)21)26-13(4)22/h9,11,16-19,25H,8,10H2,1-7H3/t16-,17+,18+,19+,20-,21+/m0/s1. The molecule has 0 saturated heterocycles. The van der Waals surface area contributed by atoms with Gasteiger partial charge in [-0.25, -0.2) is 0 Å². The molecule has 0 aromatic heterocycles. The third-order valence-electron chi connectivity index (χ3n) is 6.28. The van der Waals surface area contributed by atoms with E-state index in [1.807, 2.05) is 33.8 Å². The molecule has 0 spiro atoms. The zero-order valence-corrected chi connectivity index (χ0v) is 17.8. The van der Waals surface area contributed by atoms with Crippen LogP contribution in [-0.2, 0) is 28.6 Å². The number of esters is 3. The maximum atomic E-state index is 11.8. The van der Waals surface area contributed by atoms with Crippen molar-refractivity contribution in [1.29, 1.82) is 0 Å². The summed E-state index contributed by atoms with van der Waals surface area (Å²) < 4.78 is 16.9. The molecule has 0 aliphatic heterocycles. The monoisotopic (exact) mass is 396 g/mol. The number of carbonyl (C=O) groups is 3. The van der Waals surface area contributed by atoms with Crippen molar-refractivity contribution in [3.63, 3.8) is 0 Å². The van der Waals surface area contributed by atoms with Crippen molar-refractivity contribution < 1.29 is 33.7 Å². The van der Waals surface area contributed by atoms with Gasteiger partial charge in [-0.05, 0) is 18.9 Å². The van der Waals surface area contributed by atoms with Gasteiger partial charge in [-0.15, -0.1) is 0 Å². The normalized spacial score (nSPS) is 37.5. The Morgan fingerprint density at radius 3 is 2.07 bits per heavy atom. The molecule has 0 unspecified atom stereocenters. The summed E-state index contributed by atoms with van der Waals surface area (Å²) in [6.45, 7) is 11.4. The summed E-state index contributed by atoms with van der Waals surface area (Å²) in [7, 11) is 0. The predicted molar refractivity (Wildman–Crippen MR) is 101 cm³/mol. The fraction of sp³-hybridized carbons (Fsp3) is 0.762. The van der Waals surface area contributed by atoms with Gasteiger partial charge >= 0.3 is 17.9 Å². The van der Waals surface area contributed by atoms with E-state index in [0.717, 1.165) is 5.57 Å². The van der Waals surface area contributed by atoms with Crippen molar-refractivity contribution >= 4 is 17.9 Å². The molecule has 0 heterocycles. The number of hydrogen-bond acceptors (Lipinski definition) is 7. The van der Waals surface area contributed by atoms with Gasteiger partial charge < -0.3 is 19.3 Å². The second kappa shape index (κ2) is 7.85. The minimum absolute atomic E-state index is 0.174. The Kier molecular flexibility index (Phi) is 6.28. The molecule has 7 nitrogen and oxygen atoms in total. The lowest BCUT2D eigenvalue weighted by Crippen LogP contribution is -2.54. The third-order valence-corrected chi connectivity index (χ3v) is 6.28. The summed E-state index contributed by atoms with van der Waals surface area (Å²) in [6.07, 6.45) is 0.333. The topological polar surface area (TPSA) is 99.1 Å². The van der Waals surface area contributed by atoms with Gasteiger partial charge in [-0.1, -0.05) is 26.3 Å². The minimum Gasteiger partial charge on any atom is -0.462 e. The SMILES string of the molecule is CC(=O)O[C@H]1CC(C)=C[C@@H](OC(C)=O)[C@]2(C)[C@@H]1[C@](O)(C(C)C)C[C@H]2OC(C)=O. The highest BCUT2D eigenvalue weighted by atomic mass is 16.6. The van der Waals surface area contributed by atoms with Crippen molar-refractivity contribution in [2.45, 2.75) is 85.2 Å². The Morgan fingerprint density at radius 2 is 1.61 bits per heavy atom. The number of carbonyl (C=O) groups excluding carboxylic acids is 3. The average Bonchev–Trinajstić information content (AvgIpc) is 2.67. The van der Waals surface area contributed by atoms with Gasteiger partial charge in [-0.2, -0.15) is 0 Å². The number of hydrogen-bond donors (Lipinski definition) is 1. The Hall–Kier alpha value is -1.89. The van der Waals surface area contributed by atoms with Crippen LogP contribution in [0, 0.1) is 17.3 Å². The summed E-state index contributed by atoms with van der Waals surface area (Å²) in [5.41, 5.74) is -1.36. The van der Waals surface area contributed by atoms with Crippen LogP contribution in [0.2, 0.25) is 0 Å². The van der Waals surface area contributed by atoms with Crippen LogP contribution in [0.1, 0.15) is 61.3 Å². The third kappa shape index (κ3) is 3.95. The average molecular weight is 396 g/mol. The fourth-order valence-electron chi connectivity index (χ4n) is 5.03. The zero-order chi connectivity index (χ0) is 21.4. The van der Waals surface area contributed by atoms with E-state index in [0.29, 0.717) is 6.42 Å². The summed E-state index contributed by atoms with van der Waals surface area (Å²) >= 11 is 0. The first kappa shape index (κ1) is 22.4. The van der Waals surface area contributed by atoms with Crippen molar-refractivity contribution in [2.75, 3.05) is 0 Å². The van der Waals surface area contributed by atoms with E-state index in [2.05, 4.69) is 0 Å². The van der Waals surface area contributed by atoms with Crippen LogP contribution >= 0.6 is 0 Å². The van der Waals surface area contributed by atoms with Gasteiger partial charge in [0.05, 0.1) is 11.0 Å². The molecule has 1 N–H and O–H groups in total. The molecule has 1 saturated carbocycles. The molecule has 1 fully saturated rings. The van der Waals surface area contributed by atoms with Crippen LogP contribution in [-0.4, -0.2) is 46.9 Å². The minimum atomic E-state index is -1.27. The second-order valence-electron chi connectivity index (χ2n) is 8.69. The molecule has 6 atom stereocenters. The van der Waals surface area contributed by atoms with Gasteiger partial charge in [0.2, 0.25) is 0 Å². The number of ether oxygens (including phenoxy) is 3. The maximum absolute atomic E-state index is 11.8. The highest BCUT2D eigenvalue weighted by molar-refractivity contribution is 5.68. The van der Waals surface area contributed by atoms with E-state index in [4.69, 9.17) is 14.2 Å². The quantitative estimate of drug-likeness (QED) is 0.443. The molecule has 28 heavy (non-hydrogen) atoms. The first-order valence-corrected chi connectivity index (χ1v) is 9.73. The summed E-state index contributed by atoms with van der Waals surface area (Å²) in [5.74, 6) is -2.19.